The summed E-state index contributed by atoms with van der Waals surface area (Å²) in [4.78, 5) is 13.1. The first kappa shape index (κ1) is 23.0. The molecule has 2 aromatic carbocycles. The van der Waals surface area contributed by atoms with Gasteiger partial charge in [0.25, 0.3) is 0 Å². The van der Waals surface area contributed by atoms with Gasteiger partial charge in [0.2, 0.25) is 15.9 Å². The van der Waals surface area contributed by atoms with E-state index < -0.39 is 22.0 Å². The zero-order valence-electron chi connectivity index (χ0n) is 17.3. The summed E-state index contributed by atoms with van der Waals surface area (Å²) in [6, 6.07) is 11.3. The number of rotatable bonds is 8. The number of carbonyl (C=O) groups is 1. The quantitative estimate of drug-likeness (QED) is 0.673. The minimum Gasteiger partial charge on any atom is -0.495 e. The van der Waals surface area contributed by atoms with Crippen LogP contribution < -0.4 is 14.4 Å². The largest absolute Gasteiger partial charge is 0.495 e. The topological polar surface area (TPSA) is 75.7 Å². The molecule has 2 aromatic rings. The molecule has 8 heteroatoms. The maximum atomic E-state index is 13.1. The molecule has 6 nitrogen and oxygen atoms in total. The van der Waals surface area contributed by atoms with E-state index in [1.54, 1.807) is 19.1 Å². The molecule has 0 aliphatic carbocycles. The predicted molar refractivity (Wildman–Crippen MR) is 117 cm³/mol. The van der Waals surface area contributed by atoms with Crippen LogP contribution in [-0.2, 0) is 14.8 Å². The maximum absolute atomic E-state index is 13.1. The summed E-state index contributed by atoms with van der Waals surface area (Å²) < 4.78 is 31.7. The lowest BCUT2D eigenvalue weighted by molar-refractivity contribution is -0.122. The van der Waals surface area contributed by atoms with E-state index >= 15 is 0 Å². The van der Waals surface area contributed by atoms with Gasteiger partial charge in [-0.1, -0.05) is 48.4 Å². The number of nitrogens with zero attached hydrogens (tertiary/aromatic N) is 1. The molecule has 0 saturated carbocycles. The summed E-state index contributed by atoms with van der Waals surface area (Å²) in [5.41, 5.74) is 2.28. The number of hydrogen-bond donors (Lipinski definition) is 1. The van der Waals surface area contributed by atoms with Crippen LogP contribution in [0.5, 0.6) is 5.75 Å². The van der Waals surface area contributed by atoms with Gasteiger partial charge >= 0.3 is 0 Å². The Morgan fingerprint density at radius 2 is 1.83 bits per heavy atom. The van der Waals surface area contributed by atoms with Crippen LogP contribution in [0.15, 0.2) is 42.5 Å². The molecule has 0 bridgehead atoms. The fraction of sp³-hybridized carbons (Fsp3) is 0.381. The second kappa shape index (κ2) is 9.50. The molecule has 2 atom stereocenters. The molecule has 0 aliphatic rings. The number of anilines is 1. The molecule has 0 aliphatic heterocycles. The smallest absolute Gasteiger partial charge is 0.244 e. The highest BCUT2D eigenvalue weighted by atomic mass is 35.5. The van der Waals surface area contributed by atoms with Crippen LogP contribution in [0.2, 0.25) is 5.02 Å². The van der Waals surface area contributed by atoms with Crippen LogP contribution in [0, 0.1) is 6.92 Å². The van der Waals surface area contributed by atoms with E-state index in [9.17, 15) is 13.2 Å². The molecule has 0 radical (unpaired) electrons. The molecule has 1 N–H and O–H groups in total. The number of nitrogens with one attached hydrogen (secondary N) is 1. The molecule has 0 heterocycles. The highest BCUT2D eigenvalue weighted by Gasteiger charge is 2.34. The lowest BCUT2D eigenvalue weighted by Gasteiger charge is -2.32. The number of hydrogen-bond acceptors (Lipinski definition) is 4. The number of aryl methyl sites for hydroxylation is 1. The lowest BCUT2D eigenvalue weighted by atomic mass is 10.1. The summed E-state index contributed by atoms with van der Waals surface area (Å²) in [6.07, 6.45) is 1.34. The third-order valence-electron chi connectivity index (χ3n) is 4.64. The van der Waals surface area contributed by atoms with Crippen LogP contribution in [0.1, 0.15) is 37.4 Å². The number of ether oxygens (including phenoxy) is 1. The van der Waals surface area contributed by atoms with Crippen molar-refractivity contribution in [3.05, 3.63) is 58.6 Å². The summed E-state index contributed by atoms with van der Waals surface area (Å²) in [5.74, 6) is -0.0781. The Morgan fingerprint density at radius 1 is 1.21 bits per heavy atom. The molecule has 0 spiro atoms. The van der Waals surface area contributed by atoms with Gasteiger partial charge in [0.1, 0.15) is 11.8 Å². The number of sulfonamides is 1. The third-order valence-corrected chi connectivity index (χ3v) is 6.05. The van der Waals surface area contributed by atoms with Gasteiger partial charge in [-0.2, -0.15) is 0 Å². The first-order chi connectivity index (χ1) is 13.6. The highest BCUT2D eigenvalue weighted by molar-refractivity contribution is 7.92. The van der Waals surface area contributed by atoms with Crippen molar-refractivity contribution in [3.63, 3.8) is 0 Å². The van der Waals surface area contributed by atoms with E-state index in [2.05, 4.69) is 5.32 Å². The molecular formula is C21H27ClN2O4S. The van der Waals surface area contributed by atoms with Crippen LogP contribution >= 0.6 is 11.6 Å². The van der Waals surface area contributed by atoms with E-state index in [4.69, 9.17) is 16.3 Å². The van der Waals surface area contributed by atoms with Gasteiger partial charge in [-0.3, -0.25) is 9.10 Å². The average Bonchev–Trinajstić information content (AvgIpc) is 2.65. The van der Waals surface area contributed by atoms with E-state index in [-0.39, 0.29) is 18.2 Å². The minimum absolute atomic E-state index is 0.229. The Hall–Kier alpha value is -2.25. The van der Waals surface area contributed by atoms with E-state index in [1.807, 2.05) is 38.1 Å². The molecule has 29 heavy (non-hydrogen) atoms. The van der Waals surface area contributed by atoms with Gasteiger partial charge in [-0.05, 0) is 44.0 Å². The standard InChI is InChI=1S/C21H27ClN2O4S/c1-6-18(21(25)23-15(3)16-9-7-14(2)8-10-16)24(29(5,26)27)19-13-17(22)11-12-20(19)28-4/h7-13,15,18H,6H2,1-5H3,(H,23,25). The summed E-state index contributed by atoms with van der Waals surface area (Å²) in [5, 5.41) is 3.27. The number of methoxy groups -OCH3 is 1. The Kier molecular flexibility index (Phi) is 7.54. The fourth-order valence-corrected chi connectivity index (χ4v) is 4.49. The van der Waals surface area contributed by atoms with Crippen molar-refractivity contribution in [2.24, 2.45) is 0 Å². The third kappa shape index (κ3) is 5.64. The lowest BCUT2D eigenvalue weighted by Crippen LogP contribution is -2.49. The average molecular weight is 439 g/mol. The Balaban J connectivity index is 2.40. The molecule has 2 rings (SSSR count). The zero-order valence-corrected chi connectivity index (χ0v) is 18.8. The van der Waals surface area contributed by atoms with Crippen LogP contribution in [0.4, 0.5) is 5.69 Å². The second-order valence-electron chi connectivity index (χ2n) is 6.94. The molecular weight excluding hydrogens is 412 g/mol. The van der Waals surface area contributed by atoms with Crippen molar-refractivity contribution in [3.8, 4) is 5.75 Å². The van der Waals surface area contributed by atoms with Crippen molar-refractivity contribution in [1.29, 1.82) is 0 Å². The molecule has 1 amide bonds. The van der Waals surface area contributed by atoms with Gasteiger partial charge in [0, 0.05) is 5.02 Å². The first-order valence-electron chi connectivity index (χ1n) is 9.28. The predicted octanol–water partition coefficient (Wildman–Crippen LogP) is 4.08. The van der Waals surface area contributed by atoms with Gasteiger partial charge in [-0.15, -0.1) is 0 Å². The van der Waals surface area contributed by atoms with E-state index in [0.29, 0.717) is 10.8 Å². The fourth-order valence-electron chi connectivity index (χ4n) is 3.12. The molecule has 0 aromatic heterocycles. The SMILES string of the molecule is CCC(C(=O)NC(C)c1ccc(C)cc1)N(c1cc(Cl)ccc1OC)S(C)(=O)=O. The van der Waals surface area contributed by atoms with E-state index in [1.165, 1.54) is 13.2 Å². The van der Waals surface area contributed by atoms with Crippen LogP contribution in [-0.4, -0.2) is 33.7 Å². The second-order valence-corrected chi connectivity index (χ2v) is 9.24. The van der Waals surface area contributed by atoms with Crippen LogP contribution in [0.3, 0.4) is 0 Å². The molecule has 2 unspecified atom stereocenters. The number of carbonyl (C=O) groups excluding carboxylic acids is 1. The van der Waals surface area contributed by atoms with Gasteiger partial charge < -0.3 is 10.1 Å². The van der Waals surface area contributed by atoms with Crippen molar-refractivity contribution < 1.29 is 17.9 Å². The van der Waals surface area contributed by atoms with E-state index in [0.717, 1.165) is 21.7 Å². The number of benzene rings is 2. The number of amides is 1. The molecule has 158 valence electrons. The van der Waals surface area contributed by atoms with Crippen molar-refractivity contribution in [2.75, 3.05) is 17.7 Å². The van der Waals surface area contributed by atoms with Crippen molar-refractivity contribution in [1.82, 2.24) is 5.32 Å². The molecule has 0 fully saturated rings. The summed E-state index contributed by atoms with van der Waals surface area (Å²) >= 11 is 6.09. The van der Waals surface area contributed by atoms with Crippen molar-refractivity contribution in [2.45, 2.75) is 39.3 Å². The summed E-state index contributed by atoms with van der Waals surface area (Å²) in [6.45, 7) is 5.61. The van der Waals surface area contributed by atoms with Gasteiger partial charge in [0.15, 0.2) is 0 Å². The normalized spacial score (nSPS) is 13.4. The van der Waals surface area contributed by atoms with Gasteiger partial charge in [0.05, 0.1) is 25.1 Å². The van der Waals surface area contributed by atoms with Crippen LogP contribution in [0.25, 0.3) is 0 Å². The minimum atomic E-state index is -3.80. The zero-order chi connectivity index (χ0) is 21.8. The Morgan fingerprint density at radius 3 is 2.34 bits per heavy atom. The number of halogens is 1. The van der Waals surface area contributed by atoms with Crippen molar-refractivity contribution >= 4 is 33.2 Å². The maximum Gasteiger partial charge on any atom is 0.244 e. The highest BCUT2D eigenvalue weighted by Crippen LogP contribution is 2.35. The Bertz CT molecular complexity index is 961. The first-order valence-corrected chi connectivity index (χ1v) is 11.5. The molecule has 0 saturated heterocycles. The summed E-state index contributed by atoms with van der Waals surface area (Å²) in [7, 11) is -2.36. The monoisotopic (exact) mass is 438 g/mol. The van der Waals surface area contributed by atoms with Gasteiger partial charge in [-0.25, -0.2) is 8.42 Å². The Labute approximate surface area is 177 Å².